The van der Waals surface area contributed by atoms with Crippen LogP contribution < -0.4 is 15.0 Å². The summed E-state index contributed by atoms with van der Waals surface area (Å²) >= 11 is 0. The van der Waals surface area contributed by atoms with E-state index in [0.717, 1.165) is 0 Å². The fraction of sp³-hybridized carbons (Fsp3) is 0.533. The van der Waals surface area contributed by atoms with Crippen molar-refractivity contribution in [2.45, 2.75) is 45.4 Å². The number of alkyl carbamates (subject to hydrolysis) is 1. The second-order valence-electron chi connectivity index (χ2n) is 6.17. The predicted octanol–water partition coefficient (Wildman–Crippen LogP) is 1.72. The third-order valence-electron chi connectivity index (χ3n) is 3.12. The molecule has 7 nitrogen and oxygen atoms in total. The summed E-state index contributed by atoms with van der Waals surface area (Å²) in [6, 6.07) is 2.61. The van der Waals surface area contributed by atoms with Crippen molar-refractivity contribution in [3.8, 4) is 5.75 Å². The third-order valence-corrected chi connectivity index (χ3v) is 3.12. The van der Waals surface area contributed by atoms with Crippen LogP contribution in [0.2, 0.25) is 0 Å². The highest BCUT2D eigenvalue weighted by Gasteiger charge is 2.37. The zero-order valence-electron chi connectivity index (χ0n) is 13.4. The highest BCUT2D eigenvalue weighted by molar-refractivity contribution is 5.99. The lowest BCUT2D eigenvalue weighted by atomic mass is 10.1. The molecule has 1 aromatic rings. The summed E-state index contributed by atoms with van der Waals surface area (Å²) in [6.45, 7) is 6.99. The molecule has 7 heteroatoms. The van der Waals surface area contributed by atoms with Crippen molar-refractivity contribution in [3.05, 3.63) is 18.3 Å². The van der Waals surface area contributed by atoms with Crippen molar-refractivity contribution >= 4 is 17.8 Å². The summed E-state index contributed by atoms with van der Waals surface area (Å²) in [7, 11) is 1.60. The van der Waals surface area contributed by atoms with Gasteiger partial charge in [0.15, 0.2) is 11.6 Å². The topological polar surface area (TPSA) is 80.8 Å². The minimum absolute atomic E-state index is 0.309. The molecule has 22 heavy (non-hydrogen) atoms. The van der Waals surface area contributed by atoms with Crippen molar-refractivity contribution in [2.24, 2.45) is 0 Å². The molecule has 1 aliphatic rings. The van der Waals surface area contributed by atoms with Gasteiger partial charge in [-0.3, -0.25) is 9.69 Å². The Kier molecular flexibility index (Phi) is 4.25. The number of fused-ring (bicyclic) bond motifs is 1. The molecule has 2 unspecified atom stereocenters. The summed E-state index contributed by atoms with van der Waals surface area (Å²) in [5, 5.41) is 2.58. The molecule has 2 atom stereocenters. The van der Waals surface area contributed by atoms with Gasteiger partial charge in [0.2, 0.25) is 0 Å². The molecule has 0 aromatic carbocycles. The van der Waals surface area contributed by atoms with Crippen molar-refractivity contribution in [3.63, 3.8) is 0 Å². The molecular weight excluding hydrogens is 286 g/mol. The number of amides is 2. The quantitative estimate of drug-likeness (QED) is 0.854. The summed E-state index contributed by atoms with van der Waals surface area (Å²) in [5.41, 5.74) is -0.640. The number of ether oxygens (including phenoxy) is 2. The fourth-order valence-electron chi connectivity index (χ4n) is 2.12. The van der Waals surface area contributed by atoms with Crippen LogP contribution in [0.1, 0.15) is 27.7 Å². The number of pyridine rings is 1. The molecule has 1 aliphatic heterocycles. The molecule has 0 radical (unpaired) electrons. The van der Waals surface area contributed by atoms with Crippen LogP contribution in [0.15, 0.2) is 18.3 Å². The first-order chi connectivity index (χ1) is 10.2. The van der Waals surface area contributed by atoms with Crippen molar-refractivity contribution in [1.82, 2.24) is 10.3 Å². The lowest BCUT2D eigenvalue weighted by molar-refractivity contribution is -0.121. The molecule has 0 aliphatic carbocycles. The van der Waals surface area contributed by atoms with Crippen LogP contribution in [0.5, 0.6) is 5.75 Å². The Morgan fingerprint density at radius 2 is 2.14 bits per heavy atom. The number of hydrogen-bond acceptors (Lipinski definition) is 5. The predicted molar refractivity (Wildman–Crippen MR) is 80.9 cm³/mol. The van der Waals surface area contributed by atoms with E-state index in [0.29, 0.717) is 11.6 Å². The standard InChI is InChI=1S/C15H21N3O4/c1-9-11(17-14(20)22-15(2,3)4)13(19)18(5)12-10(21-9)7-6-8-16-12/h6-9,11H,1-5H3,(H,17,20). The van der Waals surface area contributed by atoms with E-state index in [-0.39, 0.29) is 5.91 Å². The molecule has 2 amide bonds. The Morgan fingerprint density at radius 1 is 1.45 bits per heavy atom. The minimum atomic E-state index is -0.853. The molecule has 1 aromatic heterocycles. The first kappa shape index (κ1) is 16.1. The Hall–Kier alpha value is -2.31. The van der Waals surface area contributed by atoms with Gasteiger partial charge in [-0.15, -0.1) is 0 Å². The molecule has 120 valence electrons. The van der Waals surface area contributed by atoms with Gasteiger partial charge < -0.3 is 14.8 Å². The number of nitrogens with zero attached hydrogens (tertiary/aromatic N) is 2. The van der Waals surface area contributed by atoms with Gasteiger partial charge in [0.05, 0.1) is 0 Å². The highest BCUT2D eigenvalue weighted by Crippen LogP contribution is 2.29. The number of carbonyl (C=O) groups excluding carboxylic acids is 2. The summed E-state index contributed by atoms with van der Waals surface area (Å²) in [5.74, 6) is 0.614. The van der Waals surface area contributed by atoms with Crippen LogP contribution in [-0.4, -0.2) is 41.8 Å². The van der Waals surface area contributed by atoms with E-state index in [1.165, 1.54) is 4.90 Å². The molecule has 0 fully saturated rings. The second kappa shape index (κ2) is 5.82. The fourth-order valence-corrected chi connectivity index (χ4v) is 2.12. The SMILES string of the molecule is CC1Oc2cccnc2N(C)C(=O)C1NC(=O)OC(C)(C)C. The molecular formula is C15H21N3O4. The lowest BCUT2D eigenvalue weighted by Crippen LogP contribution is -2.54. The van der Waals surface area contributed by atoms with Gasteiger partial charge in [-0.1, -0.05) is 0 Å². The van der Waals surface area contributed by atoms with E-state index in [1.807, 2.05) is 0 Å². The summed E-state index contributed by atoms with van der Waals surface area (Å²) in [6.07, 6.45) is 0.375. The van der Waals surface area contributed by atoms with Gasteiger partial charge in [0.25, 0.3) is 5.91 Å². The van der Waals surface area contributed by atoms with Gasteiger partial charge in [0.1, 0.15) is 17.7 Å². The van der Waals surface area contributed by atoms with Gasteiger partial charge in [-0.05, 0) is 39.8 Å². The lowest BCUT2D eigenvalue weighted by Gasteiger charge is -2.26. The van der Waals surface area contributed by atoms with Crippen molar-refractivity contribution in [2.75, 3.05) is 11.9 Å². The summed E-state index contributed by atoms with van der Waals surface area (Å²) in [4.78, 5) is 30.0. The van der Waals surface area contributed by atoms with Gasteiger partial charge in [-0.2, -0.15) is 0 Å². The molecule has 2 rings (SSSR count). The number of nitrogens with one attached hydrogen (secondary N) is 1. The van der Waals surface area contributed by atoms with Crippen LogP contribution in [0.4, 0.5) is 10.6 Å². The van der Waals surface area contributed by atoms with E-state index in [1.54, 1.807) is 53.1 Å². The summed E-state index contributed by atoms with van der Waals surface area (Å²) < 4.78 is 10.9. The molecule has 0 spiro atoms. The second-order valence-corrected chi connectivity index (χ2v) is 6.17. The van der Waals surface area contributed by atoms with Crippen molar-refractivity contribution in [1.29, 1.82) is 0 Å². The Labute approximate surface area is 129 Å². The van der Waals surface area contributed by atoms with Crippen LogP contribution >= 0.6 is 0 Å². The molecule has 0 bridgehead atoms. The maximum Gasteiger partial charge on any atom is 0.408 e. The van der Waals surface area contributed by atoms with Crippen LogP contribution in [-0.2, 0) is 9.53 Å². The Bertz CT molecular complexity index is 582. The molecule has 0 saturated carbocycles. The average molecular weight is 307 g/mol. The van der Waals surface area contributed by atoms with E-state index in [9.17, 15) is 9.59 Å². The average Bonchev–Trinajstić information content (AvgIpc) is 2.49. The maximum absolute atomic E-state index is 12.6. The van der Waals surface area contributed by atoms with Gasteiger partial charge >= 0.3 is 6.09 Å². The number of hydrogen-bond donors (Lipinski definition) is 1. The minimum Gasteiger partial charge on any atom is -0.484 e. The molecule has 2 heterocycles. The zero-order valence-corrected chi connectivity index (χ0v) is 13.4. The first-order valence-electron chi connectivity index (χ1n) is 7.08. The monoisotopic (exact) mass is 307 g/mol. The normalized spacial score (nSPS) is 21.5. The van der Waals surface area contributed by atoms with Crippen LogP contribution in [0.25, 0.3) is 0 Å². The van der Waals surface area contributed by atoms with E-state index < -0.39 is 23.8 Å². The Balaban J connectivity index is 2.20. The number of aromatic nitrogens is 1. The smallest absolute Gasteiger partial charge is 0.408 e. The van der Waals surface area contributed by atoms with Gasteiger partial charge in [-0.25, -0.2) is 9.78 Å². The number of carbonyl (C=O) groups is 2. The van der Waals surface area contributed by atoms with E-state index >= 15 is 0 Å². The zero-order chi connectivity index (χ0) is 16.5. The third kappa shape index (κ3) is 3.47. The van der Waals surface area contributed by atoms with Crippen molar-refractivity contribution < 1.29 is 19.1 Å². The number of rotatable bonds is 1. The first-order valence-corrected chi connectivity index (χ1v) is 7.08. The maximum atomic E-state index is 12.6. The van der Waals surface area contributed by atoms with E-state index in [4.69, 9.17) is 9.47 Å². The number of anilines is 1. The number of likely N-dealkylation sites (N-methyl/N-ethyl adjacent to an activating group) is 1. The van der Waals surface area contributed by atoms with E-state index in [2.05, 4.69) is 10.3 Å². The largest absolute Gasteiger partial charge is 0.484 e. The molecule has 1 N–H and O–H groups in total. The van der Waals surface area contributed by atoms with Gasteiger partial charge in [0, 0.05) is 13.2 Å². The van der Waals surface area contributed by atoms with Crippen LogP contribution in [0, 0.1) is 0 Å². The molecule has 0 saturated heterocycles. The van der Waals surface area contributed by atoms with Crippen LogP contribution in [0.3, 0.4) is 0 Å². The Morgan fingerprint density at radius 3 is 2.77 bits per heavy atom. The highest BCUT2D eigenvalue weighted by atomic mass is 16.6.